The predicted molar refractivity (Wildman–Crippen MR) is 106 cm³/mol. The van der Waals surface area contributed by atoms with Crippen molar-refractivity contribution in [2.75, 3.05) is 25.0 Å². The molecule has 2 bridgehead atoms. The van der Waals surface area contributed by atoms with E-state index < -0.39 is 12.3 Å². The number of anilines is 1. The molecule has 3 aliphatic heterocycles. The van der Waals surface area contributed by atoms with Gasteiger partial charge in [0.25, 0.3) is 11.8 Å². The first-order chi connectivity index (χ1) is 14.0. The van der Waals surface area contributed by atoms with Gasteiger partial charge in [0.15, 0.2) is 5.06 Å². The number of carbonyl (C=O) groups is 2. The Bertz CT molecular complexity index is 879. The second-order valence-electron chi connectivity index (χ2n) is 7.25. The number of amides is 2. The molecule has 1 unspecified atom stereocenters. The molecule has 6 nitrogen and oxygen atoms in total. The molecule has 5 rings (SSSR count). The molecule has 3 fully saturated rings. The number of alkyl halides is 2. The maximum Gasteiger partial charge on any atom is 0.315 e. The van der Waals surface area contributed by atoms with Crippen LogP contribution >= 0.6 is 11.3 Å². The van der Waals surface area contributed by atoms with Gasteiger partial charge in [0.1, 0.15) is 5.75 Å². The van der Waals surface area contributed by atoms with Crippen molar-refractivity contribution < 1.29 is 23.1 Å². The van der Waals surface area contributed by atoms with Gasteiger partial charge >= 0.3 is 6.43 Å². The predicted octanol–water partition coefficient (Wildman–Crippen LogP) is 3.57. The number of rotatable bonds is 6. The Morgan fingerprint density at radius 2 is 1.83 bits per heavy atom. The smallest absolute Gasteiger partial charge is 0.315 e. The lowest BCUT2D eigenvalue weighted by Crippen LogP contribution is -2.57. The Balaban J connectivity index is 1.33. The Labute approximate surface area is 170 Å². The average Bonchev–Trinajstić information content (AvgIpc) is 3.19. The summed E-state index contributed by atoms with van der Waals surface area (Å²) in [5.41, 5.74) is 0.256. The molecular weight excluding hydrogens is 400 g/mol. The van der Waals surface area contributed by atoms with Crippen LogP contribution in [0.15, 0.2) is 36.4 Å². The molecular formula is C20H21F2N3O3S. The molecule has 0 radical (unpaired) electrons. The highest BCUT2D eigenvalue weighted by atomic mass is 32.1. The minimum absolute atomic E-state index is 0.0892. The van der Waals surface area contributed by atoms with Crippen LogP contribution in [0.2, 0.25) is 0 Å². The van der Waals surface area contributed by atoms with Crippen LogP contribution in [0, 0.1) is 5.92 Å². The van der Waals surface area contributed by atoms with Crippen LogP contribution in [0.25, 0.3) is 0 Å². The molecule has 154 valence electrons. The SMILES string of the molecule is O=C(NC1CN2CCC1CC2)c1ccc(Oc2ccc(NC(=O)C(F)F)cc2)s1. The van der Waals surface area contributed by atoms with Crippen molar-refractivity contribution in [2.24, 2.45) is 5.92 Å². The van der Waals surface area contributed by atoms with Crippen molar-refractivity contribution in [2.45, 2.75) is 25.3 Å². The second-order valence-corrected chi connectivity index (χ2v) is 8.30. The largest absolute Gasteiger partial charge is 0.447 e. The molecule has 0 saturated carbocycles. The number of halogens is 2. The molecule has 2 N–H and O–H groups in total. The van der Waals surface area contributed by atoms with Crippen molar-refractivity contribution >= 4 is 28.8 Å². The zero-order valence-corrected chi connectivity index (χ0v) is 16.4. The summed E-state index contributed by atoms with van der Waals surface area (Å²) < 4.78 is 30.3. The highest BCUT2D eigenvalue weighted by Gasteiger charge is 2.35. The number of carbonyl (C=O) groups excluding carboxylic acids is 2. The van der Waals surface area contributed by atoms with E-state index in [0.29, 0.717) is 21.6 Å². The molecule has 1 atom stereocenters. The van der Waals surface area contributed by atoms with Crippen molar-refractivity contribution in [1.29, 1.82) is 0 Å². The Morgan fingerprint density at radius 3 is 2.45 bits per heavy atom. The summed E-state index contributed by atoms with van der Waals surface area (Å²) in [5.74, 6) is -0.404. The van der Waals surface area contributed by atoms with E-state index >= 15 is 0 Å². The fraction of sp³-hybridized carbons (Fsp3) is 0.400. The van der Waals surface area contributed by atoms with E-state index in [2.05, 4.69) is 15.5 Å². The summed E-state index contributed by atoms with van der Waals surface area (Å²) in [4.78, 5) is 26.6. The summed E-state index contributed by atoms with van der Waals surface area (Å²) in [6, 6.07) is 9.74. The molecule has 4 heterocycles. The van der Waals surface area contributed by atoms with Gasteiger partial charge in [0.2, 0.25) is 0 Å². The lowest BCUT2D eigenvalue weighted by atomic mass is 9.84. The first-order valence-electron chi connectivity index (χ1n) is 9.48. The van der Waals surface area contributed by atoms with Crippen molar-refractivity contribution in [1.82, 2.24) is 10.2 Å². The third kappa shape index (κ3) is 4.73. The maximum atomic E-state index is 12.6. The quantitative estimate of drug-likeness (QED) is 0.748. The number of fused-ring (bicyclic) bond motifs is 3. The second kappa shape index (κ2) is 8.46. The normalized spacial score (nSPS) is 23.1. The Morgan fingerprint density at radius 1 is 1.10 bits per heavy atom. The fourth-order valence-corrected chi connectivity index (χ4v) is 4.56. The molecule has 0 spiro atoms. The number of nitrogens with zero attached hydrogens (tertiary/aromatic N) is 1. The van der Waals surface area contributed by atoms with Gasteiger partial charge in [-0.05, 0) is 68.2 Å². The monoisotopic (exact) mass is 421 g/mol. The van der Waals surface area contributed by atoms with Gasteiger partial charge in [0, 0.05) is 18.3 Å². The summed E-state index contributed by atoms with van der Waals surface area (Å²) in [6.07, 6.45) is -0.794. The van der Waals surface area contributed by atoms with E-state index in [1.54, 1.807) is 24.3 Å². The van der Waals surface area contributed by atoms with Gasteiger partial charge in [-0.15, -0.1) is 0 Å². The van der Waals surface area contributed by atoms with E-state index in [4.69, 9.17) is 4.74 Å². The molecule has 9 heteroatoms. The van der Waals surface area contributed by atoms with E-state index in [-0.39, 0.29) is 17.6 Å². The van der Waals surface area contributed by atoms with Crippen molar-refractivity contribution in [3.8, 4) is 10.8 Å². The third-order valence-electron chi connectivity index (χ3n) is 5.32. The first kappa shape index (κ1) is 19.8. The van der Waals surface area contributed by atoms with Crippen molar-refractivity contribution in [3.63, 3.8) is 0 Å². The summed E-state index contributed by atoms with van der Waals surface area (Å²) in [5, 5.41) is 5.80. The molecule has 3 saturated heterocycles. The number of hydrogen-bond acceptors (Lipinski definition) is 5. The fourth-order valence-electron chi connectivity index (χ4n) is 3.78. The summed E-state index contributed by atoms with van der Waals surface area (Å²) in [7, 11) is 0. The van der Waals surface area contributed by atoms with Gasteiger partial charge in [-0.1, -0.05) is 11.3 Å². The minimum atomic E-state index is -3.07. The summed E-state index contributed by atoms with van der Waals surface area (Å²) >= 11 is 1.25. The highest BCUT2D eigenvalue weighted by molar-refractivity contribution is 7.15. The minimum Gasteiger partial charge on any atom is -0.447 e. The van der Waals surface area contributed by atoms with Gasteiger partial charge in [0.05, 0.1) is 4.88 Å². The number of thiophene rings is 1. The van der Waals surface area contributed by atoms with Crippen molar-refractivity contribution in [3.05, 3.63) is 41.3 Å². The van der Waals surface area contributed by atoms with Gasteiger partial charge in [-0.25, -0.2) is 0 Å². The molecule has 1 aromatic heterocycles. The molecule has 2 aromatic rings. The topological polar surface area (TPSA) is 70.7 Å². The molecule has 1 aromatic carbocycles. The number of nitrogens with one attached hydrogen (secondary N) is 2. The summed E-state index contributed by atoms with van der Waals surface area (Å²) in [6.45, 7) is 3.16. The Kier molecular flexibility index (Phi) is 5.77. The first-order valence-corrected chi connectivity index (χ1v) is 10.3. The number of benzene rings is 1. The number of hydrogen-bond donors (Lipinski definition) is 2. The van der Waals surface area contributed by atoms with Crippen LogP contribution in [0.3, 0.4) is 0 Å². The van der Waals surface area contributed by atoms with E-state index in [9.17, 15) is 18.4 Å². The number of ether oxygens (including phenoxy) is 1. The molecule has 29 heavy (non-hydrogen) atoms. The van der Waals surface area contributed by atoms with Crippen LogP contribution in [0.4, 0.5) is 14.5 Å². The van der Waals surface area contributed by atoms with Crippen LogP contribution < -0.4 is 15.4 Å². The maximum absolute atomic E-state index is 12.6. The highest BCUT2D eigenvalue weighted by Crippen LogP contribution is 2.31. The van der Waals surface area contributed by atoms with E-state index in [1.807, 2.05) is 0 Å². The zero-order chi connectivity index (χ0) is 20.4. The van der Waals surface area contributed by atoms with E-state index in [0.717, 1.165) is 32.5 Å². The lowest BCUT2D eigenvalue weighted by molar-refractivity contribution is -0.126. The van der Waals surface area contributed by atoms with Gasteiger partial charge < -0.3 is 20.3 Å². The van der Waals surface area contributed by atoms with Crippen LogP contribution in [-0.4, -0.2) is 48.8 Å². The van der Waals surface area contributed by atoms with Crippen LogP contribution in [0.5, 0.6) is 10.8 Å². The lowest BCUT2D eigenvalue weighted by Gasteiger charge is -2.44. The number of piperidine rings is 3. The standard InChI is InChI=1S/C20H21F2N3O3S/c21-18(22)20(27)23-13-1-3-14(4-2-13)28-17-6-5-16(29-17)19(26)24-15-11-25-9-7-12(15)8-10-25/h1-6,12,15,18H,7-11H2,(H,23,27)(H,24,26). The van der Waals surface area contributed by atoms with Gasteiger partial charge in [-0.3, -0.25) is 9.59 Å². The molecule has 3 aliphatic rings. The van der Waals surface area contributed by atoms with Crippen LogP contribution in [-0.2, 0) is 4.79 Å². The van der Waals surface area contributed by atoms with E-state index in [1.165, 1.54) is 23.5 Å². The third-order valence-corrected chi connectivity index (χ3v) is 6.28. The van der Waals surface area contributed by atoms with Gasteiger partial charge in [-0.2, -0.15) is 8.78 Å². The zero-order valence-electron chi connectivity index (χ0n) is 15.6. The molecule has 2 amide bonds. The molecule has 0 aliphatic carbocycles. The average molecular weight is 421 g/mol. The van der Waals surface area contributed by atoms with Crippen LogP contribution in [0.1, 0.15) is 22.5 Å². The Hall–Kier alpha value is -2.52.